The van der Waals surface area contributed by atoms with Crippen LogP contribution in [0.5, 0.6) is 0 Å². The predicted molar refractivity (Wildman–Crippen MR) is 44.9 cm³/mol. The van der Waals surface area contributed by atoms with Crippen LogP contribution in [0, 0.1) is 0 Å². The summed E-state index contributed by atoms with van der Waals surface area (Å²) in [5, 5.41) is 0. The zero-order valence-corrected chi connectivity index (χ0v) is 7.74. The van der Waals surface area contributed by atoms with Gasteiger partial charge in [-0.05, 0) is 5.56 Å². The average Bonchev–Trinajstić information content (AvgIpc) is 2.15. The van der Waals surface area contributed by atoms with E-state index in [0.29, 0.717) is 6.20 Å². The van der Waals surface area contributed by atoms with Crippen molar-refractivity contribution in [1.82, 2.24) is 4.98 Å². The number of nitrogens with two attached hydrogens (primary N) is 1. The molecule has 3 N–H and O–H groups in total. The fourth-order valence-corrected chi connectivity index (χ4v) is 1.29. The number of H-pyrrole nitrogens is 1. The minimum atomic E-state index is -5.03. The normalized spacial score (nSPS) is 12.2. The van der Waals surface area contributed by atoms with Crippen LogP contribution in [-0.4, -0.2) is 4.98 Å². The summed E-state index contributed by atoms with van der Waals surface area (Å²) in [6.45, 7) is -0.592. The van der Waals surface area contributed by atoms with E-state index in [0.717, 1.165) is 0 Å². The van der Waals surface area contributed by atoms with Crippen molar-refractivity contribution in [2.45, 2.75) is 19.1 Å². The number of aromatic amines is 1. The van der Waals surface area contributed by atoms with Gasteiger partial charge in [0.1, 0.15) is 0 Å². The monoisotopic (exact) mass is 242 g/mol. The molecule has 0 unspecified atom stereocenters. The van der Waals surface area contributed by atoms with Gasteiger partial charge in [0.2, 0.25) is 0 Å². The number of aromatic nitrogens is 1. The van der Waals surface area contributed by atoms with Crippen LogP contribution in [0.15, 0.2) is 11.0 Å². The molecule has 0 saturated carbocycles. The third-order valence-electron chi connectivity index (χ3n) is 1.93. The third-order valence-corrected chi connectivity index (χ3v) is 1.93. The maximum absolute atomic E-state index is 12.5. The van der Waals surface area contributed by atoms with Crippen molar-refractivity contribution >= 4 is 0 Å². The molecule has 0 saturated heterocycles. The second-order valence-corrected chi connectivity index (χ2v) is 2.93. The van der Waals surface area contributed by atoms with E-state index in [4.69, 9.17) is 5.73 Å². The Hall–Kier alpha value is -1.44. The lowest BCUT2D eigenvalue weighted by molar-refractivity contribution is -0.140. The first-order valence-corrected chi connectivity index (χ1v) is 4.09. The zero-order chi connectivity index (χ0) is 12.5. The number of nitrogens with one attached hydrogen (secondary N) is 1. The van der Waals surface area contributed by atoms with Crippen LogP contribution in [0.2, 0.25) is 0 Å². The molecule has 1 aromatic rings. The number of halogens is 5. The van der Waals surface area contributed by atoms with Gasteiger partial charge in [-0.3, -0.25) is 4.79 Å². The van der Waals surface area contributed by atoms with Gasteiger partial charge in [0.15, 0.2) is 0 Å². The first-order chi connectivity index (χ1) is 7.29. The van der Waals surface area contributed by atoms with Crippen molar-refractivity contribution in [2.75, 3.05) is 0 Å². The summed E-state index contributed by atoms with van der Waals surface area (Å²) >= 11 is 0. The molecule has 0 bridgehead atoms. The van der Waals surface area contributed by atoms with Gasteiger partial charge < -0.3 is 10.7 Å². The molecule has 0 amide bonds. The van der Waals surface area contributed by atoms with Crippen molar-refractivity contribution < 1.29 is 22.0 Å². The molecule has 16 heavy (non-hydrogen) atoms. The minimum absolute atomic E-state index is 0.567. The standard InChI is InChI=1S/C8H7F5N2O/c9-6(10)4-5(8(11,12)13)3(1-14)2-15-7(4)16/h2,6H,1,14H2,(H,15,16). The highest BCUT2D eigenvalue weighted by atomic mass is 19.4. The van der Waals surface area contributed by atoms with Gasteiger partial charge in [0.25, 0.3) is 12.0 Å². The number of alkyl halides is 5. The topological polar surface area (TPSA) is 58.9 Å². The van der Waals surface area contributed by atoms with Gasteiger partial charge in [-0.15, -0.1) is 0 Å². The first kappa shape index (κ1) is 12.6. The van der Waals surface area contributed by atoms with Crippen LogP contribution < -0.4 is 11.3 Å². The molecular weight excluding hydrogens is 235 g/mol. The molecule has 1 rings (SSSR count). The number of pyridine rings is 1. The molecule has 0 spiro atoms. The molecule has 3 nitrogen and oxygen atoms in total. The highest BCUT2D eigenvalue weighted by molar-refractivity contribution is 5.35. The lowest BCUT2D eigenvalue weighted by atomic mass is 10.0. The summed E-state index contributed by atoms with van der Waals surface area (Å²) < 4.78 is 62.2. The summed E-state index contributed by atoms with van der Waals surface area (Å²) in [6.07, 6.45) is -7.85. The van der Waals surface area contributed by atoms with Gasteiger partial charge in [-0.2, -0.15) is 13.2 Å². The van der Waals surface area contributed by atoms with Crippen molar-refractivity contribution in [2.24, 2.45) is 5.73 Å². The summed E-state index contributed by atoms with van der Waals surface area (Å²) in [4.78, 5) is 12.7. The summed E-state index contributed by atoms with van der Waals surface area (Å²) in [6, 6.07) is 0. The average molecular weight is 242 g/mol. The van der Waals surface area contributed by atoms with Gasteiger partial charge >= 0.3 is 6.18 Å². The van der Waals surface area contributed by atoms with Gasteiger partial charge in [0, 0.05) is 12.7 Å². The molecule has 1 aromatic heterocycles. The Kier molecular flexibility index (Phi) is 3.32. The van der Waals surface area contributed by atoms with E-state index in [1.54, 1.807) is 4.98 Å². The molecule has 0 aliphatic carbocycles. The first-order valence-electron chi connectivity index (χ1n) is 4.09. The van der Waals surface area contributed by atoms with E-state index < -0.39 is 41.4 Å². The molecule has 0 fully saturated rings. The molecule has 0 radical (unpaired) electrons. The minimum Gasteiger partial charge on any atom is -0.328 e. The molecule has 1 heterocycles. The van der Waals surface area contributed by atoms with Gasteiger partial charge in [-0.1, -0.05) is 0 Å². The Balaban J connectivity index is 3.63. The Labute approximate surface area is 86.1 Å². The van der Waals surface area contributed by atoms with Crippen LogP contribution in [0.3, 0.4) is 0 Å². The molecule has 0 atom stereocenters. The number of hydrogen-bond donors (Lipinski definition) is 2. The highest BCUT2D eigenvalue weighted by Gasteiger charge is 2.39. The Bertz CT molecular complexity index is 437. The Morgan fingerprint density at radius 2 is 1.94 bits per heavy atom. The molecule has 0 aliphatic rings. The summed E-state index contributed by atoms with van der Waals surface area (Å²) in [7, 11) is 0. The highest BCUT2D eigenvalue weighted by Crippen LogP contribution is 2.36. The lowest BCUT2D eigenvalue weighted by Gasteiger charge is -2.15. The fraction of sp³-hybridized carbons (Fsp3) is 0.375. The maximum atomic E-state index is 12.5. The van der Waals surface area contributed by atoms with E-state index in [-0.39, 0.29) is 0 Å². The molecule has 0 aromatic carbocycles. The number of hydrogen-bond acceptors (Lipinski definition) is 2. The van der Waals surface area contributed by atoms with E-state index in [1.165, 1.54) is 0 Å². The van der Waals surface area contributed by atoms with Crippen molar-refractivity contribution in [3.05, 3.63) is 33.2 Å². The second kappa shape index (κ2) is 4.20. The number of rotatable bonds is 2. The second-order valence-electron chi connectivity index (χ2n) is 2.93. The molecular formula is C8H7F5N2O. The van der Waals surface area contributed by atoms with Crippen LogP contribution >= 0.6 is 0 Å². The van der Waals surface area contributed by atoms with E-state index in [9.17, 15) is 26.7 Å². The van der Waals surface area contributed by atoms with Crippen LogP contribution in [0.1, 0.15) is 23.1 Å². The van der Waals surface area contributed by atoms with E-state index >= 15 is 0 Å². The maximum Gasteiger partial charge on any atom is 0.417 e. The Morgan fingerprint density at radius 1 is 1.38 bits per heavy atom. The largest absolute Gasteiger partial charge is 0.417 e. The third kappa shape index (κ3) is 2.21. The molecule has 8 heteroatoms. The van der Waals surface area contributed by atoms with E-state index in [1.807, 2.05) is 0 Å². The summed E-state index contributed by atoms with van der Waals surface area (Å²) in [5.74, 6) is 0. The molecule has 0 aliphatic heterocycles. The van der Waals surface area contributed by atoms with Crippen LogP contribution in [0.4, 0.5) is 22.0 Å². The SMILES string of the molecule is NCc1c[nH]c(=O)c(C(F)F)c1C(F)(F)F. The van der Waals surface area contributed by atoms with Crippen LogP contribution in [-0.2, 0) is 12.7 Å². The Morgan fingerprint density at radius 3 is 2.31 bits per heavy atom. The van der Waals surface area contributed by atoms with Gasteiger partial charge in [0.05, 0.1) is 11.1 Å². The van der Waals surface area contributed by atoms with Crippen molar-refractivity contribution in [3.63, 3.8) is 0 Å². The quantitative estimate of drug-likeness (QED) is 0.777. The van der Waals surface area contributed by atoms with Crippen molar-refractivity contribution in [3.8, 4) is 0 Å². The zero-order valence-electron chi connectivity index (χ0n) is 7.74. The summed E-state index contributed by atoms with van der Waals surface area (Å²) in [5.41, 5.74) is -0.259. The lowest BCUT2D eigenvalue weighted by Crippen LogP contribution is -2.24. The molecule has 90 valence electrons. The van der Waals surface area contributed by atoms with E-state index in [2.05, 4.69) is 0 Å². The fourth-order valence-electron chi connectivity index (χ4n) is 1.29. The van der Waals surface area contributed by atoms with Crippen molar-refractivity contribution in [1.29, 1.82) is 0 Å². The predicted octanol–water partition coefficient (Wildman–Crippen LogP) is 1.79. The van der Waals surface area contributed by atoms with Crippen LogP contribution in [0.25, 0.3) is 0 Å². The smallest absolute Gasteiger partial charge is 0.328 e. The van der Waals surface area contributed by atoms with Gasteiger partial charge in [-0.25, -0.2) is 8.78 Å².